The van der Waals surface area contributed by atoms with Gasteiger partial charge in [0.1, 0.15) is 0 Å². The lowest BCUT2D eigenvalue weighted by atomic mass is 10.1. The second-order valence-electron chi connectivity index (χ2n) is 4.08. The average Bonchev–Trinajstić information content (AvgIpc) is 2.59. The summed E-state index contributed by atoms with van der Waals surface area (Å²) in [6.45, 7) is 3.11. The molecule has 1 aliphatic heterocycles. The molecule has 1 heterocycles. The number of nitrogens with two attached hydrogens (primary N) is 1. The quantitative estimate of drug-likeness (QED) is 0.378. The molecule has 1 rings (SSSR count). The maximum atomic E-state index is 11.1. The first-order valence-corrected chi connectivity index (χ1v) is 5.03. The number of carbonyl (C=O) groups is 1. The zero-order valence-corrected chi connectivity index (χ0v) is 8.99. The van der Waals surface area contributed by atoms with E-state index in [1.807, 2.05) is 0 Å². The number of hydrazine groups is 1. The standard InChI is InChI=1S/C9H20N4O/c1-12-5-3-8(7-12)4-6-13(2)9(14)11-10/h8H,3-7,10H2,1-2H3,(H,11,14). The molecule has 0 aromatic carbocycles. The van der Waals surface area contributed by atoms with Crippen molar-refractivity contribution < 1.29 is 4.79 Å². The molecule has 1 saturated heterocycles. The Labute approximate surface area is 85.2 Å². The van der Waals surface area contributed by atoms with E-state index in [9.17, 15) is 4.79 Å². The lowest BCUT2D eigenvalue weighted by Gasteiger charge is -2.18. The van der Waals surface area contributed by atoms with E-state index < -0.39 is 0 Å². The van der Waals surface area contributed by atoms with E-state index in [-0.39, 0.29) is 6.03 Å². The number of rotatable bonds is 3. The number of nitrogens with one attached hydrogen (secondary N) is 1. The second kappa shape index (κ2) is 5.17. The van der Waals surface area contributed by atoms with E-state index >= 15 is 0 Å². The number of hydrogen-bond acceptors (Lipinski definition) is 3. The molecule has 1 fully saturated rings. The van der Waals surface area contributed by atoms with Crippen LogP contribution in [0.25, 0.3) is 0 Å². The van der Waals surface area contributed by atoms with Gasteiger partial charge in [-0.1, -0.05) is 0 Å². The molecule has 5 nitrogen and oxygen atoms in total. The summed E-state index contributed by atoms with van der Waals surface area (Å²) in [5.74, 6) is 5.76. The highest BCUT2D eigenvalue weighted by Gasteiger charge is 2.20. The Kier molecular flexibility index (Phi) is 4.16. The van der Waals surface area contributed by atoms with Crippen LogP contribution in [-0.2, 0) is 0 Å². The van der Waals surface area contributed by atoms with E-state index in [1.54, 1.807) is 11.9 Å². The fourth-order valence-corrected chi connectivity index (χ4v) is 1.85. The molecule has 1 aliphatic rings. The van der Waals surface area contributed by atoms with Gasteiger partial charge in [-0.3, -0.25) is 5.43 Å². The Morgan fingerprint density at radius 3 is 2.93 bits per heavy atom. The molecule has 0 aromatic heterocycles. The van der Waals surface area contributed by atoms with Gasteiger partial charge in [0.2, 0.25) is 0 Å². The number of hydrogen-bond donors (Lipinski definition) is 2. The summed E-state index contributed by atoms with van der Waals surface area (Å²) in [4.78, 5) is 15.0. The minimum atomic E-state index is -0.212. The molecular formula is C9H20N4O. The Hall–Kier alpha value is -0.810. The molecule has 2 amide bonds. The van der Waals surface area contributed by atoms with Gasteiger partial charge in [0.15, 0.2) is 0 Å². The topological polar surface area (TPSA) is 61.6 Å². The molecule has 14 heavy (non-hydrogen) atoms. The first-order valence-electron chi connectivity index (χ1n) is 5.03. The Bertz CT molecular complexity index is 197. The van der Waals surface area contributed by atoms with E-state index in [0.29, 0.717) is 0 Å². The smallest absolute Gasteiger partial charge is 0.327 e. The highest BCUT2D eigenvalue weighted by molar-refractivity contribution is 5.72. The van der Waals surface area contributed by atoms with Crippen molar-refractivity contribution in [2.75, 3.05) is 33.7 Å². The van der Waals surface area contributed by atoms with Crippen LogP contribution in [0.3, 0.4) is 0 Å². The van der Waals surface area contributed by atoms with Gasteiger partial charge in [-0.25, -0.2) is 10.6 Å². The van der Waals surface area contributed by atoms with Gasteiger partial charge in [-0.15, -0.1) is 0 Å². The van der Waals surface area contributed by atoms with Gasteiger partial charge in [0.25, 0.3) is 0 Å². The van der Waals surface area contributed by atoms with E-state index in [2.05, 4.69) is 17.4 Å². The summed E-state index contributed by atoms with van der Waals surface area (Å²) >= 11 is 0. The zero-order chi connectivity index (χ0) is 10.6. The van der Waals surface area contributed by atoms with Crippen LogP contribution in [0.1, 0.15) is 12.8 Å². The number of amides is 2. The van der Waals surface area contributed by atoms with Crippen molar-refractivity contribution in [2.24, 2.45) is 11.8 Å². The Morgan fingerprint density at radius 1 is 1.71 bits per heavy atom. The molecule has 0 bridgehead atoms. The Morgan fingerprint density at radius 2 is 2.43 bits per heavy atom. The van der Waals surface area contributed by atoms with Crippen LogP contribution < -0.4 is 11.3 Å². The summed E-state index contributed by atoms with van der Waals surface area (Å²) in [6.07, 6.45) is 2.31. The molecule has 1 unspecified atom stereocenters. The maximum Gasteiger partial charge on any atom is 0.331 e. The van der Waals surface area contributed by atoms with E-state index in [0.717, 1.165) is 25.4 Å². The molecule has 5 heteroatoms. The maximum absolute atomic E-state index is 11.1. The first kappa shape index (κ1) is 11.3. The summed E-state index contributed by atoms with van der Waals surface area (Å²) in [6, 6.07) is -0.212. The van der Waals surface area contributed by atoms with Gasteiger partial charge >= 0.3 is 6.03 Å². The third-order valence-electron chi connectivity index (χ3n) is 2.83. The lowest BCUT2D eigenvalue weighted by Crippen LogP contribution is -2.41. The fourth-order valence-electron chi connectivity index (χ4n) is 1.85. The first-order chi connectivity index (χ1) is 6.63. The summed E-state index contributed by atoms with van der Waals surface area (Å²) in [7, 11) is 3.90. The molecule has 0 aliphatic carbocycles. The van der Waals surface area contributed by atoms with Gasteiger partial charge < -0.3 is 9.80 Å². The number of carbonyl (C=O) groups excluding carboxylic acids is 1. The van der Waals surface area contributed by atoms with Gasteiger partial charge in [0, 0.05) is 20.1 Å². The normalized spacial score (nSPS) is 22.4. The minimum absolute atomic E-state index is 0.212. The average molecular weight is 200 g/mol. The SMILES string of the molecule is CN1CCC(CCN(C)C(=O)NN)C1. The highest BCUT2D eigenvalue weighted by Crippen LogP contribution is 2.17. The predicted molar refractivity (Wildman–Crippen MR) is 55.6 cm³/mol. The van der Waals surface area contributed by atoms with Crippen LogP contribution in [-0.4, -0.2) is 49.6 Å². The predicted octanol–water partition coefficient (Wildman–Crippen LogP) is -0.157. The summed E-state index contributed by atoms with van der Waals surface area (Å²) in [5.41, 5.74) is 2.13. The van der Waals surface area contributed by atoms with Crippen molar-refractivity contribution in [3.05, 3.63) is 0 Å². The largest absolute Gasteiger partial charge is 0.331 e. The number of likely N-dealkylation sites (tertiary alicyclic amines) is 1. The molecule has 0 aromatic rings. The van der Waals surface area contributed by atoms with Gasteiger partial charge in [-0.05, 0) is 32.4 Å². The van der Waals surface area contributed by atoms with Crippen LogP contribution >= 0.6 is 0 Å². The van der Waals surface area contributed by atoms with Crippen molar-refractivity contribution in [1.29, 1.82) is 0 Å². The van der Waals surface area contributed by atoms with E-state index in [4.69, 9.17) is 5.84 Å². The van der Waals surface area contributed by atoms with Crippen molar-refractivity contribution in [2.45, 2.75) is 12.8 Å². The van der Waals surface area contributed by atoms with Crippen molar-refractivity contribution in [3.8, 4) is 0 Å². The molecule has 0 radical (unpaired) electrons. The van der Waals surface area contributed by atoms with Crippen LogP contribution in [0, 0.1) is 5.92 Å². The van der Waals surface area contributed by atoms with Crippen molar-refractivity contribution >= 4 is 6.03 Å². The third kappa shape index (κ3) is 3.16. The van der Waals surface area contributed by atoms with Crippen molar-refractivity contribution in [3.63, 3.8) is 0 Å². The minimum Gasteiger partial charge on any atom is -0.327 e. The number of urea groups is 1. The second-order valence-corrected chi connectivity index (χ2v) is 4.08. The molecule has 3 N–H and O–H groups in total. The fraction of sp³-hybridized carbons (Fsp3) is 0.889. The number of nitrogens with zero attached hydrogens (tertiary/aromatic N) is 2. The van der Waals surface area contributed by atoms with Crippen molar-refractivity contribution in [1.82, 2.24) is 15.2 Å². The summed E-state index contributed by atoms with van der Waals surface area (Å²) in [5, 5.41) is 0. The highest BCUT2D eigenvalue weighted by atomic mass is 16.2. The molecule has 0 spiro atoms. The zero-order valence-electron chi connectivity index (χ0n) is 8.99. The third-order valence-corrected chi connectivity index (χ3v) is 2.83. The summed E-state index contributed by atoms with van der Waals surface area (Å²) < 4.78 is 0. The molecule has 0 saturated carbocycles. The Balaban J connectivity index is 2.17. The molecular weight excluding hydrogens is 180 g/mol. The van der Waals surface area contributed by atoms with Crippen LogP contribution in [0.5, 0.6) is 0 Å². The lowest BCUT2D eigenvalue weighted by molar-refractivity contribution is 0.205. The molecule has 1 atom stereocenters. The van der Waals surface area contributed by atoms with Gasteiger partial charge in [-0.2, -0.15) is 0 Å². The van der Waals surface area contributed by atoms with Crippen LogP contribution in [0.2, 0.25) is 0 Å². The van der Waals surface area contributed by atoms with Crippen LogP contribution in [0.4, 0.5) is 4.79 Å². The molecule has 82 valence electrons. The van der Waals surface area contributed by atoms with E-state index in [1.165, 1.54) is 13.0 Å². The van der Waals surface area contributed by atoms with Crippen LogP contribution in [0.15, 0.2) is 0 Å². The van der Waals surface area contributed by atoms with Gasteiger partial charge in [0.05, 0.1) is 0 Å². The monoisotopic (exact) mass is 200 g/mol.